The third kappa shape index (κ3) is 8.88. The van der Waals surface area contributed by atoms with Crippen molar-refractivity contribution in [2.24, 2.45) is 5.92 Å². The molecule has 2 amide bonds. The molecule has 2 N–H and O–H groups in total. The normalized spacial score (nSPS) is 11.5. The van der Waals surface area contributed by atoms with Crippen LogP contribution in [-0.2, 0) is 23.9 Å². The van der Waals surface area contributed by atoms with E-state index in [4.69, 9.17) is 14.2 Å². The molecule has 31 heavy (non-hydrogen) atoms. The van der Waals surface area contributed by atoms with Gasteiger partial charge in [-0.3, -0.25) is 9.59 Å². The molecular weight excluding hydrogens is 400 g/mol. The Balaban J connectivity index is 1.73. The molecule has 8 nitrogen and oxygen atoms in total. The van der Waals surface area contributed by atoms with Crippen LogP contribution in [0.25, 0.3) is 0 Å². The van der Waals surface area contributed by atoms with Gasteiger partial charge in [0.25, 0.3) is 0 Å². The monoisotopic (exact) mass is 428 g/mol. The van der Waals surface area contributed by atoms with Crippen molar-refractivity contribution in [3.8, 4) is 11.5 Å². The van der Waals surface area contributed by atoms with Crippen LogP contribution in [0.5, 0.6) is 11.5 Å². The van der Waals surface area contributed by atoms with E-state index in [-0.39, 0.29) is 19.1 Å². The zero-order chi connectivity index (χ0) is 22.6. The number of hydrogen-bond acceptors (Lipinski definition) is 6. The number of esters is 1. The first-order valence-corrected chi connectivity index (χ1v) is 9.95. The maximum absolute atomic E-state index is 12.0. The number of amides is 2. The summed E-state index contributed by atoms with van der Waals surface area (Å²) in [5, 5.41) is 5.24. The molecule has 0 saturated carbocycles. The van der Waals surface area contributed by atoms with Crippen molar-refractivity contribution in [1.29, 1.82) is 0 Å². The predicted molar refractivity (Wildman–Crippen MR) is 116 cm³/mol. The molecule has 0 aliphatic rings. The van der Waals surface area contributed by atoms with Crippen molar-refractivity contribution in [2.75, 3.05) is 25.6 Å². The van der Waals surface area contributed by atoms with E-state index < -0.39 is 23.8 Å². The summed E-state index contributed by atoms with van der Waals surface area (Å²) in [7, 11) is 1.27. The second kappa shape index (κ2) is 12.3. The molecule has 8 heteroatoms. The van der Waals surface area contributed by atoms with Gasteiger partial charge in [0.15, 0.2) is 0 Å². The fourth-order valence-corrected chi connectivity index (χ4v) is 2.73. The Morgan fingerprint density at radius 2 is 1.48 bits per heavy atom. The molecule has 0 aliphatic carbocycles. The second-order valence-electron chi connectivity index (χ2n) is 7.25. The van der Waals surface area contributed by atoms with Crippen molar-refractivity contribution in [3.05, 3.63) is 54.6 Å². The number of anilines is 1. The molecule has 166 valence electrons. The Morgan fingerprint density at radius 1 is 0.871 bits per heavy atom. The topological polar surface area (TPSA) is 103 Å². The second-order valence-corrected chi connectivity index (χ2v) is 7.25. The molecule has 0 bridgehead atoms. The first-order valence-electron chi connectivity index (χ1n) is 9.95. The van der Waals surface area contributed by atoms with Gasteiger partial charge in [0.1, 0.15) is 30.8 Å². The summed E-state index contributed by atoms with van der Waals surface area (Å²) >= 11 is 0. The number of rotatable bonds is 11. The quantitative estimate of drug-likeness (QED) is 0.533. The Bertz CT molecular complexity index is 852. The van der Waals surface area contributed by atoms with Gasteiger partial charge in [-0.25, -0.2) is 4.79 Å². The predicted octanol–water partition coefficient (Wildman–Crippen LogP) is 3.14. The summed E-state index contributed by atoms with van der Waals surface area (Å²) in [6.45, 7) is 3.22. The zero-order valence-electron chi connectivity index (χ0n) is 17.9. The smallest absolute Gasteiger partial charge is 0.328 e. The van der Waals surface area contributed by atoms with Crippen molar-refractivity contribution in [1.82, 2.24) is 5.32 Å². The number of carbonyl (C=O) groups is 3. The Morgan fingerprint density at radius 3 is 2.10 bits per heavy atom. The van der Waals surface area contributed by atoms with E-state index in [1.165, 1.54) is 7.11 Å². The zero-order valence-corrected chi connectivity index (χ0v) is 17.9. The van der Waals surface area contributed by atoms with E-state index in [1.54, 1.807) is 24.3 Å². The highest BCUT2D eigenvalue weighted by Gasteiger charge is 2.22. The Kier molecular flexibility index (Phi) is 9.51. The molecule has 0 spiro atoms. The number of para-hydroxylation sites is 1. The van der Waals surface area contributed by atoms with Gasteiger partial charge in [-0.05, 0) is 48.7 Å². The first-order chi connectivity index (χ1) is 14.9. The molecule has 1 atom stereocenters. The fraction of sp³-hybridized carbons (Fsp3) is 0.348. The summed E-state index contributed by atoms with van der Waals surface area (Å²) < 4.78 is 15.5. The molecule has 0 saturated heterocycles. The lowest BCUT2D eigenvalue weighted by molar-refractivity contribution is -0.146. The molecule has 2 aromatic carbocycles. The van der Waals surface area contributed by atoms with Crippen LogP contribution in [0.4, 0.5) is 5.69 Å². The summed E-state index contributed by atoms with van der Waals surface area (Å²) in [6.07, 6.45) is 0.447. The minimum Gasteiger partial charge on any atom is -0.467 e. The number of nitrogens with one attached hydrogen (secondary N) is 2. The molecule has 0 fully saturated rings. The van der Waals surface area contributed by atoms with E-state index in [1.807, 2.05) is 44.2 Å². The Hall–Kier alpha value is -3.39. The van der Waals surface area contributed by atoms with E-state index in [2.05, 4.69) is 10.6 Å². The van der Waals surface area contributed by atoms with Gasteiger partial charge in [0.05, 0.1) is 7.11 Å². The van der Waals surface area contributed by atoms with E-state index in [9.17, 15) is 14.4 Å². The third-order valence-electron chi connectivity index (χ3n) is 4.11. The first kappa shape index (κ1) is 23.9. The van der Waals surface area contributed by atoms with Crippen LogP contribution < -0.4 is 15.4 Å². The summed E-state index contributed by atoms with van der Waals surface area (Å²) in [5.74, 6) is 0.134. The lowest BCUT2D eigenvalue weighted by atomic mass is 10.0. The fourth-order valence-electron chi connectivity index (χ4n) is 2.73. The lowest BCUT2D eigenvalue weighted by Crippen LogP contribution is -2.44. The van der Waals surface area contributed by atoms with Crippen LogP contribution in [0.15, 0.2) is 54.6 Å². The van der Waals surface area contributed by atoms with Gasteiger partial charge in [0, 0.05) is 5.69 Å². The average Bonchev–Trinajstić information content (AvgIpc) is 2.74. The molecular formula is C23H28N2O6. The van der Waals surface area contributed by atoms with Crippen molar-refractivity contribution >= 4 is 23.5 Å². The van der Waals surface area contributed by atoms with E-state index in [0.29, 0.717) is 23.6 Å². The number of hydrogen-bond donors (Lipinski definition) is 2. The SMILES string of the molecule is COC(=O)C(CC(C)C)NC(=O)COCC(=O)Nc1ccc(Oc2ccccc2)cc1. The van der Waals surface area contributed by atoms with Crippen LogP contribution >= 0.6 is 0 Å². The van der Waals surface area contributed by atoms with E-state index >= 15 is 0 Å². The standard InChI is InChI=1S/C23H28N2O6/c1-16(2)13-20(23(28)29-3)25-22(27)15-30-14-21(26)24-17-9-11-19(12-10-17)31-18-7-5-4-6-8-18/h4-12,16,20H,13-15H2,1-3H3,(H,24,26)(H,25,27). The minimum absolute atomic E-state index is 0.195. The van der Waals surface area contributed by atoms with Gasteiger partial charge in [-0.2, -0.15) is 0 Å². The molecule has 0 aromatic heterocycles. The highest BCUT2D eigenvalue weighted by molar-refractivity contribution is 5.92. The van der Waals surface area contributed by atoms with E-state index in [0.717, 1.165) is 0 Å². The number of ether oxygens (including phenoxy) is 3. The van der Waals surface area contributed by atoms with Crippen LogP contribution in [0.1, 0.15) is 20.3 Å². The largest absolute Gasteiger partial charge is 0.467 e. The van der Waals surface area contributed by atoms with Gasteiger partial charge in [-0.1, -0.05) is 32.0 Å². The molecule has 1 unspecified atom stereocenters. The van der Waals surface area contributed by atoms with Crippen LogP contribution in [-0.4, -0.2) is 44.1 Å². The molecule has 0 radical (unpaired) electrons. The average molecular weight is 428 g/mol. The highest BCUT2D eigenvalue weighted by atomic mass is 16.5. The van der Waals surface area contributed by atoms with Gasteiger partial charge in [-0.15, -0.1) is 0 Å². The maximum atomic E-state index is 12.0. The van der Waals surface area contributed by atoms with Crippen molar-refractivity contribution in [3.63, 3.8) is 0 Å². The summed E-state index contributed by atoms with van der Waals surface area (Å²) in [5.41, 5.74) is 0.571. The van der Waals surface area contributed by atoms with Crippen LogP contribution in [0, 0.1) is 5.92 Å². The van der Waals surface area contributed by atoms with Crippen LogP contribution in [0.3, 0.4) is 0 Å². The molecule has 0 heterocycles. The van der Waals surface area contributed by atoms with Gasteiger partial charge < -0.3 is 24.8 Å². The number of benzene rings is 2. The summed E-state index contributed by atoms with van der Waals surface area (Å²) in [4.78, 5) is 35.8. The maximum Gasteiger partial charge on any atom is 0.328 e. The number of carbonyl (C=O) groups excluding carboxylic acids is 3. The lowest BCUT2D eigenvalue weighted by Gasteiger charge is -2.18. The van der Waals surface area contributed by atoms with Crippen molar-refractivity contribution in [2.45, 2.75) is 26.3 Å². The van der Waals surface area contributed by atoms with Crippen molar-refractivity contribution < 1.29 is 28.6 Å². The summed E-state index contributed by atoms with van der Waals surface area (Å²) in [6, 6.07) is 15.5. The molecule has 2 rings (SSSR count). The van der Waals surface area contributed by atoms with Crippen LogP contribution in [0.2, 0.25) is 0 Å². The highest BCUT2D eigenvalue weighted by Crippen LogP contribution is 2.22. The Labute approximate surface area is 181 Å². The van der Waals surface area contributed by atoms with Gasteiger partial charge >= 0.3 is 5.97 Å². The third-order valence-corrected chi connectivity index (χ3v) is 4.11. The number of methoxy groups -OCH3 is 1. The molecule has 0 aliphatic heterocycles. The molecule has 2 aromatic rings. The minimum atomic E-state index is -0.744. The van der Waals surface area contributed by atoms with Gasteiger partial charge in [0.2, 0.25) is 11.8 Å².